The molecule has 0 bridgehead atoms. The van der Waals surface area contributed by atoms with E-state index < -0.39 is 6.03 Å². The number of anilines is 2. The first kappa shape index (κ1) is 15.1. The minimum Gasteiger partial charge on any atom is -0.322 e. The smallest absolute Gasteiger partial charge is 0.322 e. The number of aliphatic imine (C=N–C) groups is 1. The van der Waals surface area contributed by atoms with E-state index in [1.807, 2.05) is 41.6 Å². The van der Waals surface area contributed by atoms with Crippen LogP contribution < -0.4 is 15.1 Å². The van der Waals surface area contributed by atoms with Crippen molar-refractivity contribution in [3.63, 3.8) is 0 Å². The number of benzene rings is 1. The van der Waals surface area contributed by atoms with Crippen molar-refractivity contribution in [3.8, 4) is 0 Å². The first-order valence-electron chi connectivity index (χ1n) is 7.86. The zero-order valence-electron chi connectivity index (χ0n) is 13.3. The van der Waals surface area contributed by atoms with Crippen molar-refractivity contribution in [2.75, 3.05) is 16.3 Å². The summed E-state index contributed by atoms with van der Waals surface area (Å²) in [7, 11) is 0. The summed E-state index contributed by atoms with van der Waals surface area (Å²) in [5.41, 5.74) is 1.65. The maximum atomic E-state index is 12.1. The first-order chi connectivity index (χ1) is 12.2. The fraction of sp³-hybridized carbons (Fsp3) is 0.111. The number of imide groups is 1. The van der Waals surface area contributed by atoms with Gasteiger partial charge in [0.15, 0.2) is 0 Å². The highest BCUT2D eigenvalue weighted by Gasteiger charge is 2.25. The Labute approximate surface area is 144 Å². The summed E-state index contributed by atoms with van der Waals surface area (Å²) in [6.45, 7) is 0.349. The van der Waals surface area contributed by atoms with E-state index in [-0.39, 0.29) is 12.3 Å². The van der Waals surface area contributed by atoms with Crippen LogP contribution in [0.5, 0.6) is 0 Å². The van der Waals surface area contributed by atoms with E-state index in [9.17, 15) is 9.59 Å². The van der Waals surface area contributed by atoms with Crippen LogP contribution in [0.4, 0.5) is 16.2 Å². The summed E-state index contributed by atoms with van der Waals surface area (Å²) < 4.78 is 0. The molecule has 2 aromatic rings. The fourth-order valence-corrected chi connectivity index (χ4v) is 2.88. The Kier molecular flexibility index (Phi) is 3.74. The minimum absolute atomic E-state index is 0.251. The van der Waals surface area contributed by atoms with Gasteiger partial charge in [0, 0.05) is 60.4 Å². The van der Waals surface area contributed by atoms with E-state index >= 15 is 0 Å². The molecule has 1 N–H and O–H groups in total. The van der Waals surface area contributed by atoms with E-state index in [4.69, 9.17) is 0 Å². The number of carbonyl (C=O) groups is 2. The first-order valence-corrected chi connectivity index (χ1v) is 7.86. The van der Waals surface area contributed by atoms with Gasteiger partial charge in [-0.25, -0.2) is 4.79 Å². The van der Waals surface area contributed by atoms with Gasteiger partial charge in [-0.1, -0.05) is 6.07 Å². The van der Waals surface area contributed by atoms with Crippen molar-refractivity contribution < 1.29 is 9.59 Å². The number of nitrogens with one attached hydrogen (secondary N) is 1. The second-order valence-corrected chi connectivity index (χ2v) is 5.66. The molecule has 4 rings (SSSR count). The zero-order valence-corrected chi connectivity index (χ0v) is 13.3. The Morgan fingerprint density at radius 2 is 2.04 bits per heavy atom. The number of nitrogens with zero attached hydrogens (tertiary/aromatic N) is 4. The summed E-state index contributed by atoms with van der Waals surface area (Å²) in [5, 5.41) is 4.16. The molecule has 0 aliphatic carbocycles. The van der Waals surface area contributed by atoms with Gasteiger partial charge in [0.05, 0.1) is 11.9 Å². The Morgan fingerprint density at radius 3 is 2.92 bits per heavy atom. The average molecular weight is 333 g/mol. The van der Waals surface area contributed by atoms with Crippen LogP contribution in [-0.4, -0.2) is 29.7 Å². The van der Waals surface area contributed by atoms with Crippen LogP contribution in [0.1, 0.15) is 6.42 Å². The normalized spacial score (nSPS) is 17.1. The van der Waals surface area contributed by atoms with Gasteiger partial charge >= 0.3 is 6.03 Å². The third-order valence-corrected chi connectivity index (χ3v) is 4.10. The molecular weight excluding hydrogens is 318 g/mol. The summed E-state index contributed by atoms with van der Waals surface area (Å²) in [4.78, 5) is 35.3. The number of hydrogen-bond acceptors (Lipinski definition) is 5. The highest BCUT2D eigenvalue weighted by atomic mass is 16.2. The number of aromatic nitrogens is 1. The summed E-state index contributed by atoms with van der Waals surface area (Å²) in [6, 6.07) is 5.52. The molecule has 1 fully saturated rings. The fourth-order valence-electron chi connectivity index (χ4n) is 2.88. The average Bonchev–Trinajstić information content (AvgIpc) is 2.90. The largest absolute Gasteiger partial charge is 0.328 e. The van der Waals surface area contributed by atoms with Crippen molar-refractivity contribution in [3.05, 3.63) is 55.3 Å². The molecule has 0 spiro atoms. The van der Waals surface area contributed by atoms with Crippen molar-refractivity contribution in [2.24, 2.45) is 4.99 Å². The van der Waals surface area contributed by atoms with E-state index in [1.165, 1.54) is 0 Å². The van der Waals surface area contributed by atoms with E-state index in [0.29, 0.717) is 12.2 Å². The number of allylic oxidation sites excluding steroid dienone is 1. The maximum absolute atomic E-state index is 12.1. The Balaban J connectivity index is 1.73. The van der Waals surface area contributed by atoms with Crippen molar-refractivity contribution >= 4 is 40.3 Å². The Hall–Kier alpha value is -3.48. The highest BCUT2D eigenvalue weighted by Crippen LogP contribution is 2.30. The molecule has 25 heavy (non-hydrogen) atoms. The molecule has 1 saturated heterocycles. The van der Waals surface area contributed by atoms with Crippen molar-refractivity contribution in [1.29, 1.82) is 0 Å². The predicted octanol–water partition coefficient (Wildman–Crippen LogP) is 2.56. The quantitative estimate of drug-likeness (QED) is 0.916. The molecule has 1 aromatic heterocycles. The monoisotopic (exact) mass is 333 g/mol. The lowest BCUT2D eigenvalue weighted by Crippen LogP contribution is -2.49. The van der Waals surface area contributed by atoms with Gasteiger partial charge < -0.3 is 4.90 Å². The predicted molar refractivity (Wildman–Crippen MR) is 96.5 cm³/mol. The van der Waals surface area contributed by atoms with Gasteiger partial charge in [0.2, 0.25) is 5.91 Å². The molecule has 0 radical (unpaired) electrons. The lowest BCUT2D eigenvalue weighted by molar-refractivity contribution is -0.120. The Bertz CT molecular complexity index is 932. The third kappa shape index (κ3) is 2.87. The standard InChI is InChI=1S/C18H15N5O2/c24-17-4-8-23(18(25)21-17)16-12-20-11-13-10-14(2-3-15(13)16)22-7-1-5-19-6-9-22/h1-3,5-7,9-12H,4,8H2,(H,21,24,25). The lowest BCUT2D eigenvalue weighted by Gasteiger charge is -2.27. The van der Waals surface area contributed by atoms with Gasteiger partial charge in [-0.05, 0) is 18.2 Å². The number of urea groups is 1. The maximum Gasteiger partial charge on any atom is 0.328 e. The van der Waals surface area contributed by atoms with E-state index in [1.54, 1.807) is 29.7 Å². The molecule has 7 nitrogen and oxygen atoms in total. The molecule has 7 heteroatoms. The van der Waals surface area contributed by atoms with Gasteiger partial charge in [-0.15, -0.1) is 0 Å². The van der Waals surface area contributed by atoms with Crippen LogP contribution in [0.2, 0.25) is 0 Å². The molecule has 124 valence electrons. The minimum atomic E-state index is -0.412. The molecule has 0 saturated carbocycles. The number of hydrogen-bond donors (Lipinski definition) is 1. The SMILES string of the molecule is O=C1CCN(c2cncc3cc(N4C=CC=NC=C4)ccc23)C(=O)N1. The Morgan fingerprint density at radius 1 is 1.12 bits per heavy atom. The summed E-state index contributed by atoms with van der Waals surface area (Å²) in [5.74, 6) is -0.251. The van der Waals surface area contributed by atoms with Crippen LogP contribution in [0.3, 0.4) is 0 Å². The molecule has 0 unspecified atom stereocenters. The molecule has 2 aliphatic heterocycles. The number of fused-ring (bicyclic) bond motifs is 1. The van der Waals surface area contributed by atoms with Crippen LogP contribution in [0.25, 0.3) is 10.8 Å². The number of pyridine rings is 1. The zero-order chi connectivity index (χ0) is 17.2. The van der Waals surface area contributed by atoms with Crippen molar-refractivity contribution in [2.45, 2.75) is 6.42 Å². The third-order valence-electron chi connectivity index (χ3n) is 4.10. The lowest BCUT2D eigenvalue weighted by atomic mass is 10.1. The van der Waals surface area contributed by atoms with Gasteiger partial charge in [-0.2, -0.15) is 0 Å². The van der Waals surface area contributed by atoms with E-state index in [2.05, 4.69) is 15.3 Å². The van der Waals surface area contributed by atoms with Gasteiger partial charge in [-0.3, -0.25) is 25.0 Å². The summed E-state index contributed by atoms with van der Waals surface area (Å²) in [6.07, 6.45) is 12.8. The summed E-state index contributed by atoms with van der Waals surface area (Å²) >= 11 is 0. The molecule has 0 atom stereocenters. The molecule has 3 amide bonds. The molecule has 1 aromatic carbocycles. The van der Waals surface area contributed by atoms with Crippen LogP contribution in [0.15, 0.2) is 60.3 Å². The number of amides is 3. The topological polar surface area (TPSA) is 77.9 Å². The number of carbonyl (C=O) groups excluding carboxylic acids is 2. The molecule has 2 aliphatic rings. The van der Waals surface area contributed by atoms with Crippen LogP contribution in [-0.2, 0) is 4.79 Å². The highest BCUT2D eigenvalue weighted by molar-refractivity contribution is 6.10. The van der Waals surface area contributed by atoms with Gasteiger partial charge in [0.25, 0.3) is 0 Å². The van der Waals surface area contributed by atoms with Crippen LogP contribution in [0, 0.1) is 0 Å². The van der Waals surface area contributed by atoms with Crippen LogP contribution >= 0.6 is 0 Å². The van der Waals surface area contributed by atoms with E-state index in [0.717, 1.165) is 16.5 Å². The molecule has 3 heterocycles. The molecular formula is C18H15N5O2. The second-order valence-electron chi connectivity index (χ2n) is 5.66. The second kappa shape index (κ2) is 6.20. The number of rotatable bonds is 2. The van der Waals surface area contributed by atoms with Gasteiger partial charge in [0.1, 0.15) is 0 Å². The van der Waals surface area contributed by atoms with Crippen molar-refractivity contribution in [1.82, 2.24) is 10.3 Å².